The van der Waals surface area contributed by atoms with Crippen LogP contribution in [0.3, 0.4) is 0 Å². The van der Waals surface area contributed by atoms with E-state index in [1.54, 1.807) is 6.92 Å². The molecule has 0 saturated carbocycles. The summed E-state index contributed by atoms with van der Waals surface area (Å²) in [6.45, 7) is 0.240. The number of nitrogens with one attached hydrogen (secondary N) is 1. The zero-order chi connectivity index (χ0) is 15.3. The maximum absolute atomic E-state index is 12.8. The van der Waals surface area contributed by atoms with Crippen molar-refractivity contribution in [3.8, 4) is 0 Å². The van der Waals surface area contributed by atoms with Gasteiger partial charge in [0.25, 0.3) is 0 Å². The Morgan fingerprint density at radius 1 is 1.55 bits per heavy atom. The number of halogens is 4. The summed E-state index contributed by atoms with van der Waals surface area (Å²) in [5.74, 6) is -5.37. The Hall–Kier alpha value is -2.06. The molecule has 0 fully saturated rings. The fraction of sp³-hybridized carbons (Fsp3) is 0.455. The fourth-order valence-electron chi connectivity index (χ4n) is 1.26. The minimum absolute atomic E-state index is 0.0558. The van der Waals surface area contributed by atoms with Crippen LogP contribution in [-0.4, -0.2) is 36.5 Å². The van der Waals surface area contributed by atoms with E-state index in [9.17, 15) is 22.4 Å². The van der Waals surface area contributed by atoms with Gasteiger partial charge in [-0.25, -0.2) is 18.6 Å². The summed E-state index contributed by atoms with van der Waals surface area (Å²) in [6.07, 6.45) is -2.72. The molecule has 0 spiro atoms. The normalized spacial score (nSPS) is 11.5. The van der Waals surface area contributed by atoms with Gasteiger partial charge in [-0.15, -0.1) is 0 Å². The lowest BCUT2D eigenvalue weighted by atomic mass is 10.2. The molecule has 0 bridgehead atoms. The van der Waals surface area contributed by atoms with Crippen molar-refractivity contribution < 1.29 is 27.1 Å². The second kappa shape index (κ2) is 6.40. The predicted octanol–water partition coefficient (Wildman–Crippen LogP) is 2.15. The van der Waals surface area contributed by atoms with Gasteiger partial charge < -0.3 is 15.8 Å². The highest BCUT2D eigenvalue weighted by Gasteiger charge is 2.40. The van der Waals surface area contributed by atoms with Gasteiger partial charge in [-0.1, -0.05) is 0 Å². The van der Waals surface area contributed by atoms with Gasteiger partial charge >= 0.3 is 18.3 Å². The standard InChI is InChI=1S/C11H13F4N3O2/c1-2-20-9(19)7-3-6(16)4-17-8(7)18-5-11(14,15)10(12)13/h3-4,10H,2,5,16H2,1H3,(H,17,18). The van der Waals surface area contributed by atoms with Crippen LogP contribution in [-0.2, 0) is 4.74 Å². The van der Waals surface area contributed by atoms with Gasteiger partial charge in [-0.3, -0.25) is 0 Å². The monoisotopic (exact) mass is 295 g/mol. The van der Waals surface area contributed by atoms with E-state index in [0.29, 0.717) is 0 Å². The minimum Gasteiger partial charge on any atom is -0.462 e. The van der Waals surface area contributed by atoms with Crippen LogP contribution in [0.15, 0.2) is 12.3 Å². The summed E-state index contributed by atoms with van der Waals surface area (Å²) in [4.78, 5) is 15.2. The first kappa shape index (κ1) is 16.0. The number of aromatic nitrogens is 1. The number of carbonyl (C=O) groups is 1. The molecule has 9 heteroatoms. The van der Waals surface area contributed by atoms with E-state index in [1.165, 1.54) is 0 Å². The maximum atomic E-state index is 12.8. The lowest BCUT2D eigenvalue weighted by Gasteiger charge is -2.17. The van der Waals surface area contributed by atoms with Crippen molar-refractivity contribution in [3.05, 3.63) is 17.8 Å². The molecule has 1 heterocycles. The van der Waals surface area contributed by atoms with Crippen molar-refractivity contribution in [2.45, 2.75) is 19.3 Å². The molecule has 112 valence electrons. The Bertz CT molecular complexity index is 483. The van der Waals surface area contributed by atoms with Gasteiger partial charge in [0.05, 0.1) is 25.0 Å². The predicted molar refractivity (Wildman–Crippen MR) is 64.0 cm³/mol. The molecule has 0 saturated heterocycles. The van der Waals surface area contributed by atoms with E-state index in [2.05, 4.69) is 4.98 Å². The third-order valence-corrected chi connectivity index (χ3v) is 2.21. The van der Waals surface area contributed by atoms with Crippen LogP contribution in [0.2, 0.25) is 0 Å². The molecule has 0 unspecified atom stereocenters. The summed E-state index contributed by atoms with van der Waals surface area (Å²) < 4.78 is 54.4. The molecular weight excluding hydrogens is 282 g/mol. The van der Waals surface area contributed by atoms with E-state index in [4.69, 9.17) is 10.5 Å². The number of nitrogens with zero attached hydrogens (tertiary/aromatic N) is 1. The smallest absolute Gasteiger partial charge is 0.341 e. The van der Waals surface area contributed by atoms with Gasteiger partial charge in [0.15, 0.2) is 0 Å². The maximum Gasteiger partial charge on any atom is 0.341 e. The first-order valence-corrected chi connectivity index (χ1v) is 5.60. The molecule has 1 aromatic rings. The van der Waals surface area contributed by atoms with Gasteiger partial charge in [0.2, 0.25) is 0 Å². The van der Waals surface area contributed by atoms with E-state index in [1.807, 2.05) is 5.32 Å². The van der Waals surface area contributed by atoms with Crippen molar-refractivity contribution in [1.82, 2.24) is 4.98 Å². The Labute approximate surface area is 112 Å². The van der Waals surface area contributed by atoms with Crippen LogP contribution >= 0.6 is 0 Å². The van der Waals surface area contributed by atoms with Gasteiger partial charge in [-0.05, 0) is 13.0 Å². The minimum atomic E-state index is -4.24. The molecule has 1 aromatic heterocycles. The Kier molecular flexibility index (Phi) is 5.12. The average Bonchev–Trinajstić information content (AvgIpc) is 2.37. The number of esters is 1. The van der Waals surface area contributed by atoms with Crippen molar-refractivity contribution in [1.29, 1.82) is 0 Å². The van der Waals surface area contributed by atoms with Crippen LogP contribution < -0.4 is 11.1 Å². The molecule has 1 rings (SSSR count). The first-order chi connectivity index (χ1) is 9.27. The number of anilines is 2. The third kappa shape index (κ3) is 3.97. The zero-order valence-electron chi connectivity index (χ0n) is 10.5. The van der Waals surface area contributed by atoms with Crippen molar-refractivity contribution in [3.63, 3.8) is 0 Å². The average molecular weight is 295 g/mol. The molecule has 0 aromatic carbocycles. The number of nitrogens with two attached hydrogens (primary N) is 1. The molecule has 5 nitrogen and oxygen atoms in total. The highest BCUT2D eigenvalue weighted by atomic mass is 19.3. The first-order valence-electron chi connectivity index (χ1n) is 5.60. The van der Waals surface area contributed by atoms with Gasteiger partial charge in [0, 0.05) is 0 Å². The van der Waals surface area contributed by atoms with E-state index >= 15 is 0 Å². The number of carbonyl (C=O) groups excluding carboxylic acids is 1. The van der Waals surface area contributed by atoms with Crippen LogP contribution in [0.5, 0.6) is 0 Å². The number of ether oxygens (including phenoxy) is 1. The topological polar surface area (TPSA) is 77.2 Å². The molecule has 0 atom stereocenters. The molecule has 0 aliphatic rings. The van der Waals surface area contributed by atoms with Crippen LogP contribution in [0.1, 0.15) is 17.3 Å². The number of rotatable bonds is 6. The number of hydrogen-bond acceptors (Lipinski definition) is 5. The number of hydrogen-bond donors (Lipinski definition) is 2. The van der Waals surface area contributed by atoms with Crippen LogP contribution in [0, 0.1) is 0 Å². The van der Waals surface area contributed by atoms with Crippen molar-refractivity contribution in [2.24, 2.45) is 0 Å². The lowest BCUT2D eigenvalue weighted by molar-refractivity contribution is -0.117. The summed E-state index contributed by atoms with van der Waals surface area (Å²) in [6, 6.07) is 1.16. The molecule has 20 heavy (non-hydrogen) atoms. The van der Waals surface area contributed by atoms with Gasteiger partial charge in [-0.2, -0.15) is 8.78 Å². The van der Waals surface area contributed by atoms with E-state index in [-0.39, 0.29) is 23.7 Å². The number of pyridine rings is 1. The van der Waals surface area contributed by atoms with Gasteiger partial charge in [0.1, 0.15) is 11.4 Å². The summed E-state index contributed by atoms with van der Waals surface area (Å²) in [5, 5.41) is 2.00. The molecular formula is C11H13F4N3O2. The molecule has 0 aliphatic carbocycles. The number of nitrogen functional groups attached to an aromatic ring is 1. The van der Waals surface area contributed by atoms with E-state index in [0.717, 1.165) is 12.3 Å². The second-order valence-electron chi connectivity index (χ2n) is 3.80. The fourth-order valence-corrected chi connectivity index (χ4v) is 1.26. The summed E-state index contributed by atoms with van der Waals surface area (Å²) in [7, 11) is 0. The lowest BCUT2D eigenvalue weighted by Crippen LogP contribution is -2.35. The van der Waals surface area contributed by atoms with Crippen LogP contribution in [0.25, 0.3) is 0 Å². The van der Waals surface area contributed by atoms with Crippen LogP contribution in [0.4, 0.5) is 29.1 Å². The van der Waals surface area contributed by atoms with Crippen molar-refractivity contribution >= 4 is 17.5 Å². The quantitative estimate of drug-likeness (QED) is 0.621. The van der Waals surface area contributed by atoms with E-state index < -0.39 is 24.9 Å². The summed E-state index contributed by atoms with van der Waals surface area (Å²) in [5.41, 5.74) is 5.34. The Morgan fingerprint density at radius 2 is 2.20 bits per heavy atom. The summed E-state index contributed by atoms with van der Waals surface area (Å²) >= 11 is 0. The highest BCUT2D eigenvalue weighted by molar-refractivity contribution is 5.95. The molecule has 0 aliphatic heterocycles. The zero-order valence-corrected chi connectivity index (χ0v) is 10.5. The molecule has 0 radical (unpaired) electrons. The Morgan fingerprint density at radius 3 is 2.75 bits per heavy atom. The highest BCUT2D eigenvalue weighted by Crippen LogP contribution is 2.24. The second-order valence-corrected chi connectivity index (χ2v) is 3.80. The number of alkyl halides is 4. The largest absolute Gasteiger partial charge is 0.462 e. The SMILES string of the molecule is CCOC(=O)c1cc(N)cnc1NCC(F)(F)C(F)F. The van der Waals surface area contributed by atoms with Crippen molar-refractivity contribution in [2.75, 3.05) is 24.2 Å². The third-order valence-electron chi connectivity index (χ3n) is 2.21. The molecule has 0 amide bonds. The molecule has 3 N–H and O–H groups in total. The Balaban J connectivity index is 2.92.